The predicted molar refractivity (Wildman–Crippen MR) is 112 cm³/mol. The van der Waals surface area contributed by atoms with Crippen LogP contribution in [0.5, 0.6) is 0 Å². The first-order valence-corrected chi connectivity index (χ1v) is 9.93. The van der Waals surface area contributed by atoms with Gasteiger partial charge in [0.15, 0.2) is 5.43 Å². The van der Waals surface area contributed by atoms with Gasteiger partial charge >= 0.3 is 0 Å². The minimum Gasteiger partial charge on any atom is -0.450 e. The van der Waals surface area contributed by atoms with E-state index in [2.05, 4.69) is 0 Å². The van der Waals surface area contributed by atoms with Crippen LogP contribution in [0.15, 0.2) is 39.5 Å². The molecule has 0 saturated heterocycles. The lowest BCUT2D eigenvalue weighted by Gasteiger charge is -2.24. The zero-order valence-electron chi connectivity index (χ0n) is 15.8. The van der Waals surface area contributed by atoms with Crippen molar-refractivity contribution in [1.29, 1.82) is 0 Å². The number of rotatable bonds is 3. The second-order valence-electron chi connectivity index (χ2n) is 7.21. The minimum absolute atomic E-state index is 0.119. The third-order valence-corrected chi connectivity index (χ3v) is 5.86. The molecule has 4 rings (SSSR count). The Morgan fingerprint density at radius 2 is 1.82 bits per heavy atom. The highest BCUT2D eigenvalue weighted by molar-refractivity contribution is 6.42. The Balaban J connectivity index is 2.04. The molecule has 28 heavy (non-hydrogen) atoms. The number of carbonyl (C=O) groups excluding carboxylic acids is 1. The lowest BCUT2D eigenvalue weighted by atomic mass is 9.97. The van der Waals surface area contributed by atoms with Gasteiger partial charge in [-0.1, -0.05) is 42.3 Å². The minimum atomic E-state index is -0.543. The maximum absolute atomic E-state index is 13.5. The summed E-state index contributed by atoms with van der Waals surface area (Å²) < 4.78 is 6.02. The molecule has 0 aliphatic carbocycles. The summed E-state index contributed by atoms with van der Waals surface area (Å²) in [6.07, 6.45) is 0.753. The Kier molecular flexibility index (Phi) is 4.72. The number of nitrogens with zero attached hydrogens (tertiary/aromatic N) is 1. The smallest absolute Gasteiger partial charge is 0.290 e. The van der Waals surface area contributed by atoms with Gasteiger partial charge in [-0.25, -0.2) is 0 Å². The summed E-state index contributed by atoms with van der Waals surface area (Å²) in [6.45, 7) is 6.30. The molecule has 2 aromatic carbocycles. The predicted octanol–water partition coefficient (Wildman–Crippen LogP) is 5.67. The highest BCUT2D eigenvalue weighted by Gasteiger charge is 2.42. The van der Waals surface area contributed by atoms with Gasteiger partial charge < -0.3 is 9.32 Å². The van der Waals surface area contributed by atoms with Crippen LogP contribution in [0.4, 0.5) is 0 Å². The van der Waals surface area contributed by atoms with Crippen LogP contribution in [0.3, 0.4) is 0 Å². The van der Waals surface area contributed by atoms with E-state index in [4.69, 9.17) is 27.6 Å². The standard InChI is InChI=1S/C22H19Cl2NO3/c1-4-7-25-18(13-5-6-15(23)16(24)10-13)17-19(26)14-9-11(2)8-12(3)20(14)28-21(17)22(25)27/h5-6,8-10,18H,4,7H2,1-3H3. The summed E-state index contributed by atoms with van der Waals surface area (Å²) in [4.78, 5) is 28.3. The van der Waals surface area contributed by atoms with Gasteiger partial charge in [0.2, 0.25) is 5.76 Å². The number of aryl methyl sites for hydroxylation is 2. The monoisotopic (exact) mass is 415 g/mol. The van der Waals surface area contributed by atoms with E-state index in [0.717, 1.165) is 23.1 Å². The molecule has 1 aromatic heterocycles. The fourth-order valence-electron chi connectivity index (χ4n) is 3.98. The van der Waals surface area contributed by atoms with E-state index >= 15 is 0 Å². The highest BCUT2D eigenvalue weighted by Crippen LogP contribution is 2.40. The van der Waals surface area contributed by atoms with E-state index in [1.54, 1.807) is 23.1 Å². The average molecular weight is 416 g/mol. The van der Waals surface area contributed by atoms with Crippen molar-refractivity contribution in [3.63, 3.8) is 0 Å². The highest BCUT2D eigenvalue weighted by atomic mass is 35.5. The lowest BCUT2D eigenvalue weighted by molar-refractivity contribution is 0.0728. The Morgan fingerprint density at radius 1 is 1.07 bits per heavy atom. The molecular formula is C22H19Cl2NO3. The summed E-state index contributed by atoms with van der Waals surface area (Å²) in [6, 6.07) is 8.41. The SMILES string of the molecule is CCCN1C(=O)c2oc3c(C)cc(C)cc3c(=O)c2C1c1ccc(Cl)c(Cl)c1. The molecule has 0 fully saturated rings. The van der Waals surface area contributed by atoms with Crippen molar-refractivity contribution in [2.75, 3.05) is 6.54 Å². The van der Waals surface area contributed by atoms with Crippen LogP contribution in [0.2, 0.25) is 10.0 Å². The molecule has 0 radical (unpaired) electrons. The Hall–Kier alpha value is -2.30. The van der Waals surface area contributed by atoms with Gasteiger partial charge in [0.25, 0.3) is 5.91 Å². The van der Waals surface area contributed by atoms with Crippen LogP contribution in [0.1, 0.15) is 52.2 Å². The van der Waals surface area contributed by atoms with Gasteiger partial charge in [-0.15, -0.1) is 0 Å². The van der Waals surface area contributed by atoms with Crippen LogP contribution in [-0.2, 0) is 0 Å². The van der Waals surface area contributed by atoms with E-state index < -0.39 is 6.04 Å². The Bertz CT molecular complexity index is 1180. The van der Waals surface area contributed by atoms with Crippen molar-refractivity contribution in [3.8, 4) is 0 Å². The van der Waals surface area contributed by atoms with Crippen molar-refractivity contribution >= 4 is 40.1 Å². The second kappa shape index (κ2) is 6.94. The van der Waals surface area contributed by atoms with Crippen LogP contribution < -0.4 is 5.43 Å². The van der Waals surface area contributed by atoms with Crippen LogP contribution >= 0.6 is 23.2 Å². The first kappa shape index (κ1) is 19.0. The number of carbonyl (C=O) groups is 1. The van der Waals surface area contributed by atoms with Gasteiger partial charge in [0.05, 0.1) is 27.0 Å². The molecule has 1 atom stereocenters. The van der Waals surface area contributed by atoms with E-state index in [1.807, 2.05) is 32.9 Å². The zero-order chi connectivity index (χ0) is 20.2. The van der Waals surface area contributed by atoms with Gasteiger partial charge in [0, 0.05) is 6.54 Å². The van der Waals surface area contributed by atoms with Crippen LogP contribution in [0, 0.1) is 13.8 Å². The number of hydrogen-bond donors (Lipinski definition) is 0. The summed E-state index contributed by atoms with van der Waals surface area (Å²) in [5, 5.41) is 1.30. The molecule has 2 heterocycles. The van der Waals surface area contributed by atoms with Gasteiger partial charge in [0.1, 0.15) is 5.58 Å². The van der Waals surface area contributed by atoms with Crippen molar-refractivity contribution in [2.24, 2.45) is 0 Å². The van der Waals surface area contributed by atoms with E-state index in [-0.39, 0.29) is 17.1 Å². The van der Waals surface area contributed by atoms with Crippen molar-refractivity contribution in [2.45, 2.75) is 33.2 Å². The van der Waals surface area contributed by atoms with Crippen molar-refractivity contribution < 1.29 is 9.21 Å². The maximum atomic E-state index is 13.5. The molecular weight excluding hydrogens is 397 g/mol. The summed E-state index contributed by atoms with van der Waals surface area (Å²) in [5.74, 6) is -0.152. The third-order valence-electron chi connectivity index (χ3n) is 5.12. The van der Waals surface area contributed by atoms with Crippen LogP contribution in [0.25, 0.3) is 11.0 Å². The third kappa shape index (κ3) is 2.83. The first-order chi connectivity index (χ1) is 13.3. The fourth-order valence-corrected chi connectivity index (χ4v) is 4.28. The van der Waals surface area contributed by atoms with Gasteiger partial charge in [-0.05, 0) is 55.2 Å². The molecule has 1 aliphatic rings. The Morgan fingerprint density at radius 3 is 2.50 bits per heavy atom. The van der Waals surface area contributed by atoms with Gasteiger partial charge in [-0.3, -0.25) is 9.59 Å². The van der Waals surface area contributed by atoms with Crippen LogP contribution in [-0.4, -0.2) is 17.4 Å². The molecule has 144 valence electrons. The number of fused-ring (bicyclic) bond motifs is 2. The molecule has 1 aliphatic heterocycles. The zero-order valence-corrected chi connectivity index (χ0v) is 17.3. The topological polar surface area (TPSA) is 50.5 Å². The number of hydrogen-bond acceptors (Lipinski definition) is 3. The molecule has 4 nitrogen and oxygen atoms in total. The molecule has 1 unspecified atom stereocenters. The molecule has 1 amide bonds. The van der Waals surface area contributed by atoms with E-state index in [1.165, 1.54) is 0 Å². The quantitative estimate of drug-likeness (QED) is 0.553. The number of halogens is 2. The molecule has 0 spiro atoms. The first-order valence-electron chi connectivity index (χ1n) is 9.17. The molecule has 3 aromatic rings. The number of benzene rings is 2. The molecule has 6 heteroatoms. The van der Waals surface area contributed by atoms with E-state index in [9.17, 15) is 9.59 Å². The molecule has 0 bridgehead atoms. The maximum Gasteiger partial charge on any atom is 0.290 e. The summed E-state index contributed by atoms with van der Waals surface area (Å²) in [5.41, 5.74) is 3.21. The second-order valence-corrected chi connectivity index (χ2v) is 8.02. The number of amides is 1. The van der Waals surface area contributed by atoms with Gasteiger partial charge in [-0.2, -0.15) is 0 Å². The average Bonchev–Trinajstić information content (AvgIpc) is 2.92. The molecule has 0 N–H and O–H groups in total. The Labute approximate surface area is 172 Å². The van der Waals surface area contributed by atoms with E-state index in [0.29, 0.717) is 33.1 Å². The van der Waals surface area contributed by atoms with Crippen molar-refractivity contribution in [3.05, 3.63) is 78.6 Å². The normalized spacial score (nSPS) is 16.1. The molecule has 0 saturated carbocycles. The van der Waals surface area contributed by atoms with Crippen molar-refractivity contribution in [1.82, 2.24) is 4.90 Å². The summed E-state index contributed by atoms with van der Waals surface area (Å²) in [7, 11) is 0. The largest absolute Gasteiger partial charge is 0.450 e. The summed E-state index contributed by atoms with van der Waals surface area (Å²) >= 11 is 12.3. The fraction of sp³-hybridized carbons (Fsp3) is 0.273. The lowest BCUT2D eigenvalue weighted by Crippen LogP contribution is -2.30.